The molecule has 15 heavy (non-hydrogen) atoms. The van der Waals surface area contributed by atoms with Gasteiger partial charge >= 0.3 is 12.3 Å². The Morgan fingerprint density at radius 1 is 1.53 bits per heavy atom. The number of nitrogens with one attached hydrogen (secondary N) is 1. The third-order valence-electron chi connectivity index (χ3n) is 1.35. The number of hydrogen-bond donors (Lipinski definition) is 1. The van der Waals surface area contributed by atoms with Gasteiger partial charge in [-0.05, 0) is 12.1 Å². The summed E-state index contributed by atoms with van der Waals surface area (Å²) in [6, 6.07) is 3.17. The van der Waals surface area contributed by atoms with Gasteiger partial charge in [0.15, 0.2) is 6.61 Å². The van der Waals surface area contributed by atoms with Crippen molar-refractivity contribution in [3.05, 3.63) is 24.2 Å². The molecule has 1 N–H and O–H groups in total. The van der Waals surface area contributed by atoms with Crippen molar-refractivity contribution >= 4 is 6.09 Å². The van der Waals surface area contributed by atoms with Crippen molar-refractivity contribution in [1.29, 1.82) is 0 Å². The summed E-state index contributed by atoms with van der Waals surface area (Å²) < 4.78 is 43.5. The summed E-state index contributed by atoms with van der Waals surface area (Å²) in [7, 11) is 0. The molecule has 0 radical (unpaired) electrons. The van der Waals surface area contributed by atoms with E-state index < -0.39 is 18.9 Å². The second-order valence-electron chi connectivity index (χ2n) is 2.62. The molecule has 0 atom stereocenters. The molecular formula is C8H8F3NO3. The van der Waals surface area contributed by atoms with Gasteiger partial charge in [-0.3, -0.25) is 0 Å². The minimum Gasteiger partial charge on any atom is -0.467 e. The molecule has 0 saturated carbocycles. The fraction of sp³-hybridized carbons (Fsp3) is 0.375. The van der Waals surface area contributed by atoms with Crippen LogP contribution in [0.25, 0.3) is 0 Å². The third kappa shape index (κ3) is 4.94. The zero-order valence-electron chi connectivity index (χ0n) is 7.50. The maximum Gasteiger partial charge on any atom is 0.422 e. The van der Waals surface area contributed by atoms with Gasteiger partial charge in [0.25, 0.3) is 0 Å². The fourth-order valence-electron chi connectivity index (χ4n) is 0.771. The average molecular weight is 223 g/mol. The predicted octanol–water partition coefficient (Wildman–Crippen LogP) is 2.07. The first-order valence-corrected chi connectivity index (χ1v) is 3.97. The average Bonchev–Trinajstić information content (AvgIpc) is 2.62. The van der Waals surface area contributed by atoms with Crippen LogP contribution in [0.1, 0.15) is 5.76 Å². The van der Waals surface area contributed by atoms with Gasteiger partial charge in [-0.15, -0.1) is 0 Å². The lowest BCUT2D eigenvalue weighted by atomic mass is 10.4. The Morgan fingerprint density at radius 3 is 2.80 bits per heavy atom. The molecular weight excluding hydrogens is 215 g/mol. The van der Waals surface area contributed by atoms with E-state index in [1.807, 2.05) is 0 Å². The molecule has 0 aliphatic rings. The van der Waals surface area contributed by atoms with Crippen molar-refractivity contribution in [2.45, 2.75) is 12.7 Å². The number of carbonyl (C=O) groups excluding carboxylic acids is 1. The van der Waals surface area contributed by atoms with Gasteiger partial charge in [-0.1, -0.05) is 0 Å². The summed E-state index contributed by atoms with van der Waals surface area (Å²) in [5.74, 6) is 0.430. The maximum atomic E-state index is 11.6. The third-order valence-corrected chi connectivity index (χ3v) is 1.35. The molecule has 7 heteroatoms. The molecule has 1 rings (SSSR count). The molecule has 1 aromatic rings. The number of alkyl carbamates (subject to hydrolysis) is 1. The molecule has 0 aliphatic heterocycles. The number of alkyl halides is 3. The Hall–Kier alpha value is -1.66. The van der Waals surface area contributed by atoms with E-state index in [2.05, 4.69) is 10.1 Å². The number of amides is 1. The van der Waals surface area contributed by atoms with Gasteiger partial charge in [-0.2, -0.15) is 13.2 Å². The second-order valence-corrected chi connectivity index (χ2v) is 2.62. The van der Waals surface area contributed by atoms with Crippen molar-refractivity contribution in [3.63, 3.8) is 0 Å². The van der Waals surface area contributed by atoms with Crippen LogP contribution >= 0.6 is 0 Å². The van der Waals surface area contributed by atoms with Gasteiger partial charge in [0.05, 0.1) is 12.8 Å². The van der Waals surface area contributed by atoms with E-state index in [-0.39, 0.29) is 6.54 Å². The zero-order chi connectivity index (χ0) is 11.3. The van der Waals surface area contributed by atoms with Crippen LogP contribution < -0.4 is 5.32 Å². The van der Waals surface area contributed by atoms with Crippen LogP contribution in [-0.4, -0.2) is 18.9 Å². The predicted molar refractivity (Wildman–Crippen MR) is 43.0 cm³/mol. The lowest BCUT2D eigenvalue weighted by molar-refractivity contribution is -0.160. The molecule has 1 heterocycles. The number of rotatable bonds is 3. The van der Waals surface area contributed by atoms with Crippen LogP contribution in [0.15, 0.2) is 22.8 Å². The molecule has 1 aromatic heterocycles. The van der Waals surface area contributed by atoms with Crippen molar-refractivity contribution in [2.75, 3.05) is 6.61 Å². The van der Waals surface area contributed by atoms with Crippen LogP contribution in [0.5, 0.6) is 0 Å². The monoisotopic (exact) mass is 223 g/mol. The number of furan rings is 1. The Bertz CT molecular complexity index is 307. The number of halogens is 3. The van der Waals surface area contributed by atoms with Gasteiger partial charge in [0.2, 0.25) is 0 Å². The zero-order valence-corrected chi connectivity index (χ0v) is 7.50. The summed E-state index contributed by atoms with van der Waals surface area (Å²) in [5.41, 5.74) is 0. The summed E-state index contributed by atoms with van der Waals surface area (Å²) in [6.45, 7) is -1.61. The molecule has 0 saturated heterocycles. The highest BCUT2D eigenvalue weighted by Gasteiger charge is 2.29. The highest BCUT2D eigenvalue weighted by Crippen LogP contribution is 2.14. The van der Waals surface area contributed by atoms with E-state index in [9.17, 15) is 18.0 Å². The van der Waals surface area contributed by atoms with Crippen LogP contribution in [0.2, 0.25) is 0 Å². The van der Waals surface area contributed by atoms with Gasteiger partial charge in [-0.25, -0.2) is 4.79 Å². The fourth-order valence-corrected chi connectivity index (χ4v) is 0.771. The van der Waals surface area contributed by atoms with Crippen molar-refractivity contribution < 1.29 is 27.1 Å². The molecule has 84 valence electrons. The summed E-state index contributed by atoms with van der Waals surface area (Å²) in [5, 5.41) is 2.10. The first-order valence-electron chi connectivity index (χ1n) is 3.97. The van der Waals surface area contributed by atoms with Crippen LogP contribution in [0, 0.1) is 0 Å². The van der Waals surface area contributed by atoms with E-state index >= 15 is 0 Å². The van der Waals surface area contributed by atoms with E-state index in [4.69, 9.17) is 4.42 Å². The standard InChI is InChI=1S/C8H8F3NO3/c9-8(10,11)5-15-7(13)12-4-6-2-1-3-14-6/h1-3H,4-5H2,(H,12,13). The minimum absolute atomic E-state index is 0.0102. The Morgan fingerprint density at radius 2 is 2.27 bits per heavy atom. The van der Waals surface area contributed by atoms with E-state index in [0.717, 1.165) is 0 Å². The maximum absolute atomic E-state index is 11.6. The van der Waals surface area contributed by atoms with Gasteiger partial charge in [0.1, 0.15) is 5.76 Å². The summed E-state index contributed by atoms with van der Waals surface area (Å²) in [6.07, 6.45) is -4.26. The molecule has 4 nitrogen and oxygen atoms in total. The Labute approximate surface area is 83.0 Å². The van der Waals surface area contributed by atoms with Gasteiger partial charge < -0.3 is 14.5 Å². The number of carbonyl (C=O) groups is 1. The molecule has 1 amide bonds. The van der Waals surface area contributed by atoms with Crippen molar-refractivity contribution in [2.24, 2.45) is 0 Å². The van der Waals surface area contributed by atoms with Crippen LogP contribution in [0.4, 0.5) is 18.0 Å². The molecule has 0 aromatic carbocycles. The SMILES string of the molecule is O=C(NCc1ccco1)OCC(F)(F)F. The first-order chi connectivity index (χ1) is 6.97. The van der Waals surface area contributed by atoms with E-state index in [1.165, 1.54) is 6.26 Å². The Balaban J connectivity index is 2.20. The smallest absolute Gasteiger partial charge is 0.422 e. The van der Waals surface area contributed by atoms with Crippen LogP contribution in [-0.2, 0) is 11.3 Å². The largest absolute Gasteiger partial charge is 0.467 e. The van der Waals surface area contributed by atoms with Crippen molar-refractivity contribution in [1.82, 2.24) is 5.32 Å². The van der Waals surface area contributed by atoms with E-state index in [1.54, 1.807) is 12.1 Å². The summed E-state index contributed by atoms with van der Waals surface area (Å²) >= 11 is 0. The number of hydrogen-bond acceptors (Lipinski definition) is 3. The lowest BCUT2D eigenvalue weighted by Crippen LogP contribution is -2.28. The molecule has 0 spiro atoms. The highest BCUT2D eigenvalue weighted by atomic mass is 19.4. The highest BCUT2D eigenvalue weighted by molar-refractivity contribution is 5.67. The number of ether oxygens (including phenoxy) is 1. The quantitative estimate of drug-likeness (QED) is 0.853. The lowest BCUT2D eigenvalue weighted by Gasteiger charge is -2.07. The Kier molecular flexibility index (Phi) is 3.59. The van der Waals surface area contributed by atoms with E-state index in [0.29, 0.717) is 5.76 Å². The normalized spacial score (nSPS) is 11.1. The molecule has 0 aliphatic carbocycles. The summed E-state index contributed by atoms with van der Waals surface area (Å²) in [4.78, 5) is 10.7. The molecule has 0 bridgehead atoms. The molecule has 0 unspecified atom stereocenters. The van der Waals surface area contributed by atoms with Crippen molar-refractivity contribution in [3.8, 4) is 0 Å². The first kappa shape index (κ1) is 11.4. The second kappa shape index (κ2) is 4.72. The topological polar surface area (TPSA) is 51.5 Å². The minimum atomic E-state index is -4.51. The van der Waals surface area contributed by atoms with Gasteiger partial charge in [0, 0.05) is 0 Å². The molecule has 0 fully saturated rings. The van der Waals surface area contributed by atoms with Crippen LogP contribution in [0.3, 0.4) is 0 Å².